The molecule has 0 aromatic carbocycles. The molecule has 1 aromatic heterocycles. The Kier molecular flexibility index (Phi) is 8.43. The fourth-order valence-electron chi connectivity index (χ4n) is 2.16. The van der Waals surface area contributed by atoms with E-state index in [-0.39, 0.29) is 11.7 Å². The Hall–Kier alpha value is -2.36. The van der Waals surface area contributed by atoms with E-state index >= 15 is 0 Å². The summed E-state index contributed by atoms with van der Waals surface area (Å²) in [5, 5.41) is 4.35. The van der Waals surface area contributed by atoms with Gasteiger partial charge in [0.25, 0.3) is 0 Å². The number of carbonyl (C=O) groups excluding carboxylic acids is 3. The quantitative estimate of drug-likeness (QED) is 0.519. The monoisotopic (exact) mass is 430 g/mol. The number of nitrogens with one attached hydrogen (secondary N) is 1. The summed E-state index contributed by atoms with van der Waals surface area (Å²) in [7, 11) is 0. The van der Waals surface area contributed by atoms with Crippen LogP contribution >= 0.6 is 11.3 Å². The second-order valence-electron chi connectivity index (χ2n) is 8.22. The molecule has 0 spiro atoms. The van der Waals surface area contributed by atoms with E-state index in [4.69, 9.17) is 18.9 Å². The number of aromatic nitrogens is 1. The molecule has 0 aliphatic heterocycles. The summed E-state index contributed by atoms with van der Waals surface area (Å²) in [5.41, 5.74) is -1.09. The van der Waals surface area contributed by atoms with Crippen molar-refractivity contribution < 1.29 is 33.3 Å². The van der Waals surface area contributed by atoms with Gasteiger partial charge in [-0.25, -0.2) is 14.6 Å². The van der Waals surface area contributed by atoms with Gasteiger partial charge in [-0.05, 0) is 55.4 Å². The average Bonchev–Trinajstić information content (AvgIpc) is 2.91. The second kappa shape index (κ2) is 9.91. The number of rotatable bonds is 6. The largest absolute Gasteiger partial charge is 0.509 e. The van der Waals surface area contributed by atoms with E-state index in [0.29, 0.717) is 5.69 Å². The minimum atomic E-state index is -0.979. The smallest absolute Gasteiger partial charge is 0.465 e. The van der Waals surface area contributed by atoms with Crippen LogP contribution < -0.4 is 5.32 Å². The number of hydrogen-bond donors (Lipinski definition) is 1. The molecule has 0 aliphatic carbocycles. The molecule has 1 N–H and O–H groups in total. The van der Waals surface area contributed by atoms with Crippen LogP contribution in [0.1, 0.15) is 67.0 Å². The van der Waals surface area contributed by atoms with Crippen LogP contribution in [-0.2, 0) is 23.7 Å². The molecule has 10 heteroatoms. The van der Waals surface area contributed by atoms with Gasteiger partial charge in [-0.1, -0.05) is 0 Å². The first-order valence-corrected chi connectivity index (χ1v) is 10.1. The topological polar surface area (TPSA) is 113 Å². The third-order valence-electron chi connectivity index (χ3n) is 3.13. The van der Waals surface area contributed by atoms with Crippen molar-refractivity contribution in [2.45, 2.75) is 78.6 Å². The molecule has 9 nitrogen and oxygen atoms in total. The lowest BCUT2D eigenvalue weighted by Gasteiger charge is -2.24. The Morgan fingerprint density at radius 3 is 2.21 bits per heavy atom. The van der Waals surface area contributed by atoms with Gasteiger partial charge in [0.15, 0.2) is 5.13 Å². The Bertz CT molecular complexity index is 719. The third kappa shape index (κ3) is 9.12. The van der Waals surface area contributed by atoms with Gasteiger partial charge in [-0.2, -0.15) is 0 Å². The van der Waals surface area contributed by atoms with E-state index in [9.17, 15) is 14.4 Å². The molecule has 0 fully saturated rings. The van der Waals surface area contributed by atoms with Crippen LogP contribution in [0.2, 0.25) is 0 Å². The number of carbonyl (C=O) groups is 3. The van der Waals surface area contributed by atoms with Crippen molar-refractivity contribution in [2.75, 3.05) is 11.9 Å². The summed E-state index contributed by atoms with van der Waals surface area (Å²) < 4.78 is 20.7. The predicted molar refractivity (Wildman–Crippen MR) is 108 cm³/mol. The normalized spacial score (nSPS) is 13.8. The van der Waals surface area contributed by atoms with Gasteiger partial charge < -0.3 is 18.9 Å². The lowest BCUT2D eigenvalue weighted by Crippen LogP contribution is -2.33. The van der Waals surface area contributed by atoms with Gasteiger partial charge in [-0.15, -0.1) is 11.3 Å². The zero-order valence-electron chi connectivity index (χ0n) is 18.2. The van der Waals surface area contributed by atoms with Gasteiger partial charge in [0.1, 0.15) is 23.2 Å². The first-order valence-electron chi connectivity index (χ1n) is 9.23. The highest BCUT2D eigenvalue weighted by atomic mass is 32.1. The summed E-state index contributed by atoms with van der Waals surface area (Å²) >= 11 is 1.11. The summed E-state index contributed by atoms with van der Waals surface area (Å²) in [6.07, 6.45) is -2.47. The van der Waals surface area contributed by atoms with Crippen LogP contribution in [0.25, 0.3) is 0 Å². The van der Waals surface area contributed by atoms with Crippen molar-refractivity contribution in [3.05, 3.63) is 11.1 Å². The number of amides is 1. The van der Waals surface area contributed by atoms with Crippen LogP contribution in [-0.4, -0.2) is 47.1 Å². The number of esters is 1. The van der Waals surface area contributed by atoms with E-state index in [1.54, 1.807) is 60.8 Å². The van der Waals surface area contributed by atoms with E-state index in [1.807, 2.05) is 0 Å². The van der Waals surface area contributed by atoms with Gasteiger partial charge in [0.05, 0.1) is 12.3 Å². The molecule has 29 heavy (non-hydrogen) atoms. The summed E-state index contributed by atoms with van der Waals surface area (Å²) in [5.74, 6) is -1.58. The minimum Gasteiger partial charge on any atom is -0.465 e. The second-order valence-corrected chi connectivity index (χ2v) is 9.08. The lowest BCUT2D eigenvalue weighted by molar-refractivity contribution is -0.148. The predicted octanol–water partition coefficient (Wildman–Crippen LogP) is 4.48. The van der Waals surface area contributed by atoms with E-state index in [1.165, 1.54) is 0 Å². The first-order chi connectivity index (χ1) is 13.2. The minimum absolute atomic E-state index is 0.154. The van der Waals surface area contributed by atoms with E-state index in [2.05, 4.69) is 10.3 Å². The van der Waals surface area contributed by atoms with Crippen LogP contribution in [0, 0.1) is 0 Å². The maximum absolute atomic E-state index is 12.5. The fourth-order valence-corrected chi connectivity index (χ4v) is 2.89. The molecular weight excluding hydrogens is 400 g/mol. The number of anilines is 1. The van der Waals surface area contributed by atoms with Crippen LogP contribution in [0.15, 0.2) is 5.38 Å². The van der Waals surface area contributed by atoms with Crippen molar-refractivity contribution in [3.8, 4) is 0 Å². The SMILES string of the molecule is CCOC(=O)C(c1csc(NC(=O)OC(C)(C)C)n1)C(C)OC(=O)OC(C)(C)C. The highest BCUT2D eigenvalue weighted by Crippen LogP contribution is 2.28. The standard InChI is InChI=1S/C19H30N2O7S/c1-9-25-14(22)13(11(2)26-17(24)28-19(6,7)8)12-10-29-15(20-12)21-16(23)27-18(3,4)5/h10-11,13H,9H2,1-8H3,(H,20,21,23). The zero-order valence-corrected chi connectivity index (χ0v) is 19.0. The van der Waals surface area contributed by atoms with Crippen molar-refractivity contribution in [1.29, 1.82) is 0 Å². The molecule has 2 atom stereocenters. The molecule has 0 aliphatic rings. The molecule has 1 amide bonds. The van der Waals surface area contributed by atoms with E-state index in [0.717, 1.165) is 11.3 Å². The molecule has 1 aromatic rings. The Morgan fingerprint density at radius 2 is 1.69 bits per heavy atom. The molecule has 164 valence electrons. The molecule has 0 bridgehead atoms. The molecule has 0 saturated heterocycles. The molecule has 0 radical (unpaired) electrons. The van der Waals surface area contributed by atoms with Crippen molar-refractivity contribution >= 4 is 34.7 Å². The van der Waals surface area contributed by atoms with Gasteiger partial charge in [0, 0.05) is 5.38 Å². The fraction of sp³-hybridized carbons (Fsp3) is 0.684. The number of ether oxygens (including phenoxy) is 4. The van der Waals surface area contributed by atoms with Gasteiger partial charge in [0.2, 0.25) is 0 Å². The maximum Gasteiger partial charge on any atom is 0.509 e. The van der Waals surface area contributed by atoms with Crippen molar-refractivity contribution in [3.63, 3.8) is 0 Å². The van der Waals surface area contributed by atoms with Crippen LogP contribution in [0.5, 0.6) is 0 Å². The number of hydrogen-bond acceptors (Lipinski definition) is 9. The maximum atomic E-state index is 12.5. The highest BCUT2D eigenvalue weighted by Gasteiger charge is 2.34. The van der Waals surface area contributed by atoms with Crippen molar-refractivity contribution in [1.82, 2.24) is 4.98 Å². The number of thiazole rings is 1. The Balaban J connectivity index is 2.96. The van der Waals surface area contributed by atoms with Crippen LogP contribution in [0.4, 0.5) is 14.7 Å². The number of nitrogens with zero attached hydrogens (tertiary/aromatic N) is 1. The third-order valence-corrected chi connectivity index (χ3v) is 3.91. The summed E-state index contributed by atoms with van der Waals surface area (Å²) in [6, 6.07) is 0. The highest BCUT2D eigenvalue weighted by molar-refractivity contribution is 7.13. The van der Waals surface area contributed by atoms with Crippen LogP contribution in [0.3, 0.4) is 0 Å². The average molecular weight is 431 g/mol. The zero-order chi connectivity index (χ0) is 22.4. The van der Waals surface area contributed by atoms with Crippen molar-refractivity contribution in [2.24, 2.45) is 0 Å². The first kappa shape index (κ1) is 24.7. The molecule has 1 rings (SSSR count). The molecular formula is C19H30N2O7S. The summed E-state index contributed by atoms with van der Waals surface area (Å²) in [4.78, 5) is 40.6. The van der Waals surface area contributed by atoms with Gasteiger partial charge in [-0.3, -0.25) is 10.1 Å². The van der Waals surface area contributed by atoms with E-state index < -0.39 is 41.4 Å². The lowest BCUT2D eigenvalue weighted by atomic mass is 10.0. The molecule has 0 saturated carbocycles. The Morgan fingerprint density at radius 1 is 1.10 bits per heavy atom. The Labute approximate surface area is 175 Å². The molecule has 2 unspecified atom stereocenters. The van der Waals surface area contributed by atoms with Gasteiger partial charge >= 0.3 is 18.2 Å². The molecule has 1 heterocycles. The summed E-state index contributed by atoms with van der Waals surface area (Å²) in [6.45, 7) is 13.7.